The lowest BCUT2D eigenvalue weighted by Gasteiger charge is -2.18. The maximum Gasteiger partial charge on any atom is 0.203 e. The van der Waals surface area contributed by atoms with Crippen molar-refractivity contribution in [1.82, 2.24) is 18.9 Å². The summed E-state index contributed by atoms with van der Waals surface area (Å²) in [4.78, 5) is 8.48. The van der Waals surface area contributed by atoms with Crippen LogP contribution < -0.4 is 5.32 Å². The van der Waals surface area contributed by atoms with Gasteiger partial charge in [-0.1, -0.05) is 0 Å². The van der Waals surface area contributed by atoms with Gasteiger partial charge in [-0.05, 0) is 20.8 Å². The molecule has 0 fully saturated rings. The van der Waals surface area contributed by atoms with Crippen LogP contribution in [0, 0.1) is 0 Å². The molecule has 0 saturated carbocycles. The highest BCUT2D eigenvalue weighted by atomic mass is 32.1. The first-order valence-corrected chi connectivity index (χ1v) is 5.82. The van der Waals surface area contributed by atoms with Crippen molar-refractivity contribution < 1.29 is 0 Å². The molecule has 0 aliphatic rings. The highest BCUT2D eigenvalue weighted by Gasteiger charge is 2.14. The van der Waals surface area contributed by atoms with Crippen molar-refractivity contribution in [1.29, 1.82) is 0 Å². The average Bonchev–Trinajstić information content (AvgIpc) is 2.71. The zero-order valence-electron chi connectivity index (χ0n) is 9.85. The van der Waals surface area contributed by atoms with Crippen LogP contribution in [0.15, 0.2) is 12.5 Å². The highest BCUT2D eigenvalue weighted by molar-refractivity contribution is 7.09. The van der Waals surface area contributed by atoms with Crippen molar-refractivity contribution in [3.63, 3.8) is 0 Å². The van der Waals surface area contributed by atoms with E-state index in [9.17, 15) is 0 Å². The Hall–Kier alpha value is -1.43. The van der Waals surface area contributed by atoms with E-state index in [0.717, 1.165) is 16.6 Å². The van der Waals surface area contributed by atoms with Gasteiger partial charge in [0.2, 0.25) is 5.13 Å². The van der Waals surface area contributed by atoms with Crippen molar-refractivity contribution in [2.75, 3.05) is 5.32 Å². The van der Waals surface area contributed by atoms with Gasteiger partial charge in [0, 0.05) is 24.1 Å². The average molecular weight is 237 g/mol. The molecule has 0 spiro atoms. The quantitative estimate of drug-likeness (QED) is 0.869. The molecule has 86 valence electrons. The second-order valence-corrected chi connectivity index (χ2v) is 5.44. The van der Waals surface area contributed by atoms with Crippen LogP contribution in [-0.4, -0.2) is 24.4 Å². The third-order valence-electron chi connectivity index (χ3n) is 1.95. The number of aryl methyl sites for hydroxylation is 1. The fraction of sp³-hybridized carbons (Fsp3) is 0.500. The maximum atomic E-state index is 4.43. The molecule has 16 heavy (non-hydrogen) atoms. The van der Waals surface area contributed by atoms with E-state index in [-0.39, 0.29) is 5.54 Å². The smallest absolute Gasteiger partial charge is 0.203 e. The van der Waals surface area contributed by atoms with Crippen LogP contribution in [0.3, 0.4) is 0 Å². The molecule has 2 aromatic rings. The van der Waals surface area contributed by atoms with Gasteiger partial charge in [-0.25, -0.2) is 4.98 Å². The zero-order chi connectivity index (χ0) is 11.8. The van der Waals surface area contributed by atoms with E-state index in [0.29, 0.717) is 0 Å². The summed E-state index contributed by atoms with van der Waals surface area (Å²) in [5.74, 6) is 0.719. The Kier molecular flexibility index (Phi) is 2.67. The van der Waals surface area contributed by atoms with Gasteiger partial charge in [-0.3, -0.25) is 0 Å². The summed E-state index contributed by atoms with van der Waals surface area (Å²) in [6.07, 6.45) is 3.51. The normalized spacial score (nSPS) is 11.8. The number of anilines is 1. The zero-order valence-corrected chi connectivity index (χ0v) is 10.7. The topological polar surface area (TPSA) is 55.6 Å². The third kappa shape index (κ3) is 2.38. The van der Waals surface area contributed by atoms with E-state index >= 15 is 0 Å². The largest absolute Gasteiger partial charge is 0.356 e. The molecule has 0 aromatic carbocycles. The Bertz CT molecular complexity index is 479. The predicted octanol–water partition coefficient (Wildman–Crippen LogP) is 2.15. The van der Waals surface area contributed by atoms with Crippen LogP contribution in [-0.2, 0) is 7.05 Å². The number of hydrogen-bond acceptors (Lipinski definition) is 5. The van der Waals surface area contributed by atoms with Gasteiger partial charge >= 0.3 is 0 Å². The van der Waals surface area contributed by atoms with E-state index in [4.69, 9.17) is 0 Å². The Morgan fingerprint density at radius 2 is 2.12 bits per heavy atom. The summed E-state index contributed by atoms with van der Waals surface area (Å²) in [6.45, 7) is 6.29. The molecule has 2 rings (SSSR count). The van der Waals surface area contributed by atoms with E-state index in [1.54, 1.807) is 12.5 Å². The minimum Gasteiger partial charge on any atom is -0.356 e. The van der Waals surface area contributed by atoms with Crippen LogP contribution in [0.2, 0.25) is 0 Å². The summed E-state index contributed by atoms with van der Waals surface area (Å²) in [6, 6.07) is 0. The van der Waals surface area contributed by atoms with Crippen molar-refractivity contribution in [3.05, 3.63) is 12.5 Å². The van der Waals surface area contributed by atoms with Gasteiger partial charge in [0.1, 0.15) is 5.69 Å². The standard InChI is InChI=1S/C10H15N5S/c1-10(2,3)13-9-12-8(14-16-9)7-5-11-6-15(7)4/h5-6H,1-4H3,(H,12,13,14). The molecule has 2 aromatic heterocycles. The molecule has 0 saturated heterocycles. The number of rotatable bonds is 2. The van der Waals surface area contributed by atoms with Crippen molar-refractivity contribution in [3.8, 4) is 11.5 Å². The Balaban J connectivity index is 2.24. The summed E-state index contributed by atoms with van der Waals surface area (Å²) in [5, 5.41) is 4.13. The van der Waals surface area contributed by atoms with Crippen molar-refractivity contribution in [2.24, 2.45) is 7.05 Å². The van der Waals surface area contributed by atoms with Gasteiger partial charge < -0.3 is 9.88 Å². The van der Waals surface area contributed by atoms with Crippen molar-refractivity contribution in [2.45, 2.75) is 26.3 Å². The minimum atomic E-state index is 0.00324. The highest BCUT2D eigenvalue weighted by Crippen LogP contribution is 2.22. The van der Waals surface area contributed by atoms with Crippen LogP contribution in [0.1, 0.15) is 20.8 Å². The van der Waals surface area contributed by atoms with Crippen LogP contribution in [0.25, 0.3) is 11.5 Å². The molecule has 0 atom stereocenters. The second-order valence-electron chi connectivity index (χ2n) is 4.69. The lowest BCUT2D eigenvalue weighted by Crippen LogP contribution is -2.25. The van der Waals surface area contributed by atoms with Crippen molar-refractivity contribution >= 4 is 16.7 Å². The summed E-state index contributed by atoms with van der Waals surface area (Å²) >= 11 is 1.37. The number of hydrogen-bond donors (Lipinski definition) is 1. The minimum absolute atomic E-state index is 0.00324. The summed E-state index contributed by atoms with van der Waals surface area (Å²) < 4.78 is 6.22. The molecule has 5 nitrogen and oxygen atoms in total. The first kappa shape index (κ1) is 11.1. The Labute approximate surface area is 98.7 Å². The van der Waals surface area contributed by atoms with E-state index < -0.39 is 0 Å². The fourth-order valence-corrected chi connectivity index (χ4v) is 2.06. The molecule has 2 heterocycles. The lowest BCUT2D eigenvalue weighted by atomic mass is 10.1. The molecule has 0 amide bonds. The molecular weight excluding hydrogens is 222 g/mol. The third-order valence-corrected chi connectivity index (χ3v) is 2.58. The molecule has 0 unspecified atom stereocenters. The molecule has 6 heteroatoms. The van der Waals surface area contributed by atoms with E-state index in [1.165, 1.54) is 11.5 Å². The predicted molar refractivity (Wildman–Crippen MR) is 65.5 cm³/mol. The summed E-state index contributed by atoms with van der Waals surface area (Å²) in [7, 11) is 1.93. The molecule has 0 aliphatic heterocycles. The molecular formula is C10H15N5S. The van der Waals surface area contributed by atoms with Crippen LogP contribution in [0.5, 0.6) is 0 Å². The van der Waals surface area contributed by atoms with Gasteiger partial charge in [-0.2, -0.15) is 9.36 Å². The molecule has 0 radical (unpaired) electrons. The lowest BCUT2D eigenvalue weighted by molar-refractivity contribution is 0.633. The summed E-state index contributed by atoms with van der Waals surface area (Å²) in [5.41, 5.74) is 0.932. The first-order chi connectivity index (χ1) is 7.46. The Morgan fingerprint density at radius 1 is 1.38 bits per heavy atom. The Morgan fingerprint density at radius 3 is 2.69 bits per heavy atom. The van der Waals surface area contributed by atoms with Crippen LogP contribution in [0.4, 0.5) is 5.13 Å². The van der Waals surface area contributed by atoms with Gasteiger partial charge in [0.05, 0.1) is 12.5 Å². The monoisotopic (exact) mass is 237 g/mol. The van der Waals surface area contributed by atoms with Gasteiger partial charge in [0.15, 0.2) is 5.82 Å². The number of nitrogens with one attached hydrogen (secondary N) is 1. The van der Waals surface area contributed by atoms with Gasteiger partial charge in [-0.15, -0.1) is 0 Å². The molecule has 0 aliphatic carbocycles. The number of aromatic nitrogens is 4. The van der Waals surface area contributed by atoms with Crippen LogP contribution >= 0.6 is 11.5 Å². The first-order valence-electron chi connectivity index (χ1n) is 5.04. The maximum absolute atomic E-state index is 4.43. The number of imidazole rings is 1. The molecule has 1 N–H and O–H groups in total. The SMILES string of the molecule is Cn1cncc1-c1nsc(NC(C)(C)C)n1. The number of nitrogens with zero attached hydrogens (tertiary/aromatic N) is 4. The fourth-order valence-electron chi connectivity index (χ4n) is 1.27. The second kappa shape index (κ2) is 3.86. The van der Waals surface area contributed by atoms with E-state index in [2.05, 4.69) is 40.4 Å². The van der Waals surface area contributed by atoms with Gasteiger partial charge in [0.25, 0.3) is 0 Å². The van der Waals surface area contributed by atoms with E-state index in [1.807, 2.05) is 11.6 Å². The molecule has 0 bridgehead atoms.